The maximum absolute atomic E-state index is 11.7. The van der Waals surface area contributed by atoms with Gasteiger partial charge in [-0.25, -0.2) is 0 Å². The first-order valence-electron chi connectivity index (χ1n) is 6.05. The zero-order chi connectivity index (χ0) is 12.1. The van der Waals surface area contributed by atoms with Crippen LogP contribution < -0.4 is 0 Å². The Morgan fingerprint density at radius 2 is 2.00 bits per heavy atom. The molecule has 0 spiro atoms. The highest BCUT2D eigenvalue weighted by Gasteiger charge is 2.31. The van der Waals surface area contributed by atoms with E-state index in [1.807, 2.05) is 13.8 Å². The van der Waals surface area contributed by atoms with Gasteiger partial charge < -0.3 is 9.47 Å². The third-order valence-corrected chi connectivity index (χ3v) is 2.92. The van der Waals surface area contributed by atoms with Crippen molar-refractivity contribution in [2.75, 3.05) is 20.2 Å². The summed E-state index contributed by atoms with van der Waals surface area (Å²) in [4.78, 5) is 13.9. The zero-order valence-corrected chi connectivity index (χ0v) is 10.7. The lowest BCUT2D eigenvalue weighted by atomic mass is 10.1. The van der Waals surface area contributed by atoms with Crippen LogP contribution in [0.25, 0.3) is 0 Å². The van der Waals surface area contributed by atoms with Crippen molar-refractivity contribution in [3.8, 4) is 0 Å². The minimum Gasteiger partial charge on any atom is -0.468 e. The average Bonchev–Trinajstić information content (AvgIpc) is 2.23. The minimum atomic E-state index is -0.122. The number of morpholine rings is 1. The van der Waals surface area contributed by atoms with Crippen molar-refractivity contribution in [2.45, 2.75) is 51.9 Å². The average molecular weight is 229 g/mol. The molecule has 0 aliphatic carbocycles. The number of ether oxygens (including phenoxy) is 2. The third-order valence-electron chi connectivity index (χ3n) is 2.92. The van der Waals surface area contributed by atoms with Crippen LogP contribution in [0.3, 0.4) is 0 Å². The van der Waals surface area contributed by atoms with Gasteiger partial charge in [0.2, 0.25) is 0 Å². The second-order valence-electron chi connectivity index (χ2n) is 4.54. The van der Waals surface area contributed by atoms with E-state index in [4.69, 9.17) is 9.47 Å². The molecule has 0 aromatic rings. The van der Waals surface area contributed by atoms with E-state index in [2.05, 4.69) is 11.8 Å². The summed E-state index contributed by atoms with van der Waals surface area (Å²) >= 11 is 0. The van der Waals surface area contributed by atoms with Gasteiger partial charge in [-0.1, -0.05) is 13.3 Å². The highest BCUT2D eigenvalue weighted by atomic mass is 16.5. The Morgan fingerprint density at radius 1 is 1.44 bits per heavy atom. The van der Waals surface area contributed by atoms with Crippen molar-refractivity contribution in [2.24, 2.45) is 0 Å². The number of hydrogen-bond acceptors (Lipinski definition) is 4. The Labute approximate surface area is 97.9 Å². The number of carbonyl (C=O) groups excluding carboxylic acids is 1. The molecule has 3 atom stereocenters. The van der Waals surface area contributed by atoms with Gasteiger partial charge in [-0.3, -0.25) is 9.69 Å². The smallest absolute Gasteiger partial charge is 0.323 e. The fourth-order valence-corrected chi connectivity index (χ4v) is 2.33. The molecule has 94 valence electrons. The first-order valence-corrected chi connectivity index (χ1v) is 6.05. The second kappa shape index (κ2) is 6.21. The Morgan fingerprint density at radius 3 is 2.44 bits per heavy atom. The molecule has 0 amide bonds. The van der Waals surface area contributed by atoms with Crippen LogP contribution in [0.1, 0.15) is 33.6 Å². The van der Waals surface area contributed by atoms with Crippen molar-refractivity contribution < 1.29 is 14.3 Å². The van der Waals surface area contributed by atoms with Crippen molar-refractivity contribution in [3.05, 3.63) is 0 Å². The molecular formula is C12H23NO3. The molecule has 16 heavy (non-hydrogen) atoms. The lowest BCUT2D eigenvalue weighted by molar-refractivity contribution is -0.152. The van der Waals surface area contributed by atoms with Crippen molar-refractivity contribution in [1.82, 2.24) is 4.90 Å². The first kappa shape index (κ1) is 13.5. The van der Waals surface area contributed by atoms with E-state index in [1.165, 1.54) is 7.11 Å². The van der Waals surface area contributed by atoms with E-state index in [-0.39, 0.29) is 24.2 Å². The molecule has 0 saturated carbocycles. The molecule has 4 heteroatoms. The molecule has 1 fully saturated rings. The van der Waals surface area contributed by atoms with Crippen LogP contribution in [0.5, 0.6) is 0 Å². The molecule has 0 radical (unpaired) electrons. The van der Waals surface area contributed by atoms with Crippen LogP contribution in [0.15, 0.2) is 0 Å². The zero-order valence-electron chi connectivity index (χ0n) is 10.7. The van der Waals surface area contributed by atoms with E-state index < -0.39 is 0 Å². The van der Waals surface area contributed by atoms with Crippen LogP contribution in [0, 0.1) is 0 Å². The molecule has 1 aliphatic heterocycles. The standard InChI is InChI=1S/C12H23NO3/c1-5-6-11(12(14)15-4)13-7-9(2)16-10(3)8-13/h9-11H,5-8H2,1-4H3/t9-,10+,11-/m1/s1. The highest BCUT2D eigenvalue weighted by molar-refractivity contribution is 5.75. The lowest BCUT2D eigenvalue weighted by Gasteiger charge is -2.38. The van der Waals surface area contributed by atoms with E-state index in [0.29, 0.717) is 0 Å². The topological polar surface area (TPSA) is 38.8 Å². The fourth-order valence-electron chi connectivity index (χ4n) is 2.33. The third kappa shape index (κ3) is 3.46. The Balaban J connectivity index is 2.65. The Bertz CT molecular complexity index is 222. The Kier molecular flexibility index (Phi) is 5.22. The monoisotopic (exact) mass is 229 g/mol. The Hall–Kier alpha value is -0.610. The summed E-state index contributed by atoms with van der Waals surface area (Å²) in [5, 5.41) is 0. The second-order valence-corrected chi connectivity index (χ2v) is 4.54. The van der Waals surface area contributed by atoms with Crippen molar-refractivity contribution in [3.63, 3.8) is 0 Å². The number of nitrogens with zero attached hydrogens (tertiary/aromatic N) is 1. The van der Waals surface area contributed by atoms with Crippen molar-refractivity contribution >= 4 is 5.97 Å². The van der Waals surface area contributed by atoms with Crippen LogP contribution in [-0.2, 0) is 14.3 Å². The van der Waals surface area contributed by atoms with Gasteiger partial charge in [0.25, 0.3) is 0 Å². The molecule has 0 N–H and O–H groups in total. The van der Waals surface area contributed by atoms with Crippen LogP contribution in [0.2, 0.25) is 0 Å². The predicted octanol–water partition coefficient (Wildman–Crippen LogP) is 1.44. The molecule has 1 heterocycles. The fraction of sp³-hybridized carbons (Fsp3) is 0.917. The predicted molar refractivity (Wildman–Crippen MR) is 62.3 cm³/mol. The molecular weight excluding hydrogens is 206 g/mol. The molecule has 0 bridgehead atoms. The maximum atomic E-state index is 11.7. The maximum Gasteiger partial charge on any atom is 0.323 e. The lowest BCUT2D eigenvalue weighted by Crippen LogP contribution is -2.52. The SMILES string of the molecule is CCC[C@H](C(=O)OC)N1C[C@@H](C)O[C@@H](C)C1. The van der Waals surface area contributed by atoms with Gasteiger partial charge >= 0.3 is 5.97 Å². The van der Waals surface area contributed by atoms with Gasteiger partial charge in [-0.05, 0) is 20.3 Å². The molecule has 4 nitrogen and oxygen atoms in total. The molecule has 0 aromatic carbocycles. The molecule has 1 aliphatic rings. The number of esters is 1. The number of hydrogen-bond donors (Lipinski definition) is 0. The first-order chi connectivity index (χ1) is 7.58. The summed E-state index contributed by atoms with van der Waals surface area (Å²) in [6.45, 7) is 7.79. The van der Waals surface area contributed by atoms with Gasteiger partial charge in [0, 0.05) is 13.1 Å². The summed E-state index contributed by atoms with van der Waals surface area (Å²) in [5.74, 6) is -0.122. The molecule has 1 rings (SSSR count). The number of methoxy groups -OCH3 is 1. The number of carbonyl (C=O) groups is 1. The summed E-state index contributed by atoms with van der Waals surface area (Å²) in [7, 11) is 1.46. The van der Waals surface area contributed by atoms with E-state index in [1.54, 1.807) is 0 Å². The van der Waals surface area contributed by atoms with Crippen LogP contribution in [0.4, 0.5) is 0 Å². The largest absolute Gasteiger partial charge is 0.468 e. The quantitative estimate of drug-likeness (QED) is 0.684. The summed E-state index contributed by atoms with van der Waals surface area (Å²) in [6, 6.07) is -0.108. The highest BCUT2D eigenvalue weighted by Crippen LogP contribution is 2.17. The summed E-state index contributed by atoms with van der Waals surface area (Å²) in [5.41, 5.74) is 0. The van der Waals surface area contributed by atoms with E-state index in [0.717, 1.165) is 25.9 Å². The molecule has 0 unspecified atom stereocenters. The van der Waals surface area contributed by atoms with Gasteiger partial charge in [-0.15, -0.1) is 0 Å². The van der Waals surface area contributed by atoms with Gasteiger partial charge in [-0.2, -0.15) is 0 Å². The molecule has 0 aromatic heterocycles. The van der Waals surface area contributed by atoms with E-state index in [9.17, 15) is 4.79 Å². The van der Waals surface area contributed by atoms with Crippen LogP contribution >= 0.6 is 0 Å². The van der Waals surface area contributed by atoms with Gasteiger partial charge in [0.05, 0.1) is 19.3 Å². The normalized spacial score (nSPS) is 28.8. The molecule has 1 saturated heterocycles. The van der Waals surface area contributed by atoms with Crippen molar-refractivity contribution in [1.29, 1.82) is 0 Å². The van der Waals surface area contributed by atoms with Crippen LogP contribution in [-0.4, -0.2) is 49.3 Å². The van der Waals surface area contributed by atoms with Gasteiger partial charge in [0.15, 0.2) is 0 Å². The number of rotatable bonds is 4. The summed E-state index contributed by atoms with van der Waals surface area (Å²) < 4.78 is 10.5. The van der Waals surface area contributed by atoms with Gasteiger partial charge in [0.1, 0.15) is 6.04 Å². The minimum absolute atomic E-state index is 0.108. The van der Waals surface area contributed by atoms with E-state index >= 15 is 0 Å². The summed E-state index contributed by atoms with van der Waals surface area (Å²) in [6.07, 6.45) is 2.21.